The van der Waals surface area contributed by atoms with Gasteiger partial charge in [0.1, 0.15) is 21.8 Å². The molecule has 0 saturated carbocycles. The highest BCUT2D eigenvalue weighted by Gasteiger charge is 2.29. The number of rotatable bonds is 9. The molecule has 2 rings (SSSR count). The van der Waals surface area contributed by atoms with Crippen LogP contribution in [0.25, 0.3) is 0 Å². The SMILES string of the molecule is CC[Si](CC)(CC)OCc1ccc(C(=N[S+]([O-])C(C)(C)C)c2ccc(F)c(F)c2)nc1. The fraction of sp³-hybridized carbons (Fsp3) is 0.478. The van der Waals surface area contributed by atoms with Gasteiger partial charge in [0.2, 0.25) is 0 Å². The third kappa shape index (κ3) is 6.68. The zero-order valence-corrected chi connectivity index (χ0v) is 21.0. The Labute approximate surface area is 188 Å². The number of halogens is 2. The second-order valence-electron chi connectivity index (χ2n) is 8.51. The Hall–Kier alpha value is -1.61. The van der Waals surface area contributed by atoms with Crippen molar-refractivity contribution in [1.82, 2.24) is 4.98 Å². The topological polar surface area (TPSA) is 57.5 Å². The van der Waals surface area contributed by atoms with E-state index in [2.05, 4.69) is 30.2 Å². The summed E-state index contributed by atoms with van der Waals surface area (Å²) in [6, 6.07) is 10.3. The van der Waals surface area contributed by atoms with E-state index in [0.717, 1.165) is 35.8 Å². The smallest absolute Gasteiger partial charge is 0.192 e. The van der Waals surface area contributed by atoms with Crippen LogP contribution in [0.1, 0.15) is 58.4 Å². The molecule has 4 nitrogen and oxygen atoms in total. The lowest BCUT2D eigenvalue weighted by Gasteiger charge is -2.27. The molecule has 0 fully saturated rings. The molecule has 0 aliphatic heterocycles. The summed E-state index contributed by atoms with van der Waals surface area (Å²) in [5, 5.41) is 0. The lowest BCUT2D eigenvalue weighted by atomic mass is 10.1. The summed E-state index contributed by atoms with van der Waals surface area (Å²) >= 11 is -1.59. The first-order valence-electron chi connectivity index (χ1n) is 10.6. The Balaban J connectivity index is 2.36. The van der Waals surface area contributed by atoms with Crippen LogP contribution in [0.5, 0.6) is 0 Å². The van der Waals surface area contributed by atoms with Gasteiger partial charge in [-0.1, -0.05) is 31.2 Å². The minimum Gasteiger partial charge on any atom is -0.591 e. The number of aromatic nitrogens is 1. The quantitative estimate of drug-likeness (QED) is 0.252. The van der Waals surface area contributed by atoms with Crippen molar-refractivity contribution in [3.8, 4) is 0 Å². The summed E-state index contributed by atoms with van der Waals surface area (Å²) < 4.78 is 50.0. The molecule has 1 atom stereocenters. The molecule has 0 saturated heterocycles. The van der Waals surface area contributed by atoms with Crippen molar-refractivity contribution in [2.75, 3.05) is 0 Å². The molecule has 0 spiro atoms. The van der Waals surface area contributed by atoms with Crippen LogP contribution in [0.3, 0.4) is 0 Å². The van der Waals surface area contributed by atoms with Crippen LogP contribution in [0, 0.1) is 11.6 Å². The van der Waals surface area contributed by atoms with Gasteiger partial charge in [-0.15, -0.1) is 0 Å². The first-order chi connectivity index (χ1) is 14.5. The standard InChI is InChI=1S/C23H32F2N2O2SSi/c1-7-31(8-2,9-3)29-16-17-10-13-21(26-15-17)22(27-30(28)23(4,5)6)18-11-12-19(24)20(25)14-18/h10-15H,7-9,16H2,1-6H3. The van der Waals surface area contributed by atoms with Gasteiger partial charge in [-0.05, 0) is 68.7 Å². The molecule has 170 valence electrons. The average Bonchev–Trinajstić information content (AvgIpc) is 2.75. The van der Waals surface area contributed by atoms with Crippen LogP contribution in [-0.4, -0.2) is 28.3 Å². The minimum atomic E-state index is -1.71. The van der Waals surface area contributed by atoms with Crippen molar-refractivity contribution in [3.05, 3.63) is 65.0 Å². The molecule has 0 bridgehead atoms. The Morgan fingerprint density at radius 1 is 1.06 bits per heavy atom. The number of pyridine rings is 1. The van der Waals surface area contributed by atoms with E-state index in [1.165, 1.54) is 6.07 Å². The van der Waals surface area contributed by atoms with Crippen molar-refractivity contribution in [3.63, 3.8) is 0 Å². The lowest BCUT2D eigenvalue weighted by Crippen LogP contribution is -2.35. The molecular formula is C23H32F2N2O2SSi. The normalized spacial score (nSPS) is 14.0. The van der Waals surface area contributed by atoms with Gasteiger partial charge in [-0.3, -0.25) is 4.98 Å². The molecule has 0 amide bonds. The first kappa shape index (κ1) is 25.6. The van der Waals surface area contributed by atoms with Crippen molar-refractivity contribution >= 4 is 25.4 Å². The third-order valence-corrected chi connectivity index (χ3v) is 11.5. The maximum absolute atomic E-state index is 13.9. The molecule has 31 heavy (non-hydrogen) atoms. The predicted molar refractivity (Wildman–Crippen MR) is 126 cm³/mol. The monoisotopic (exact) mass is 466 g/mol. The molecule has 0 N–H and O–H groups in total. The molecule has 1 aromatic heterocycles. The number of nitrogens with zero attached hydrogens (tertiary/aromatic N) is 2. The fourth-order valence-electron chi connectivity index (χ4n) is 3.05. The molecule has 1 unspecified atom stereocenters. The van der Waals surface area contributed by atoms with Gasteiger partial charge >= 0.3 is 0 Å². The zero-order valence-electron chi connectivity index (χ0n) is 19.2. The largest absolute Gasteiger partial charge is 0.591 e. The van der Waals surface area contributed by atoms with Crippen molar-refractivity contribution in [1.29, 1.82) is 0 Å². The van der Waals surface area contributed by atoms with Gasteiger partial charge in [0, 0.05) is 11.8 Å². The van der Waals surface area contributed by atoms with Crippen LogP contribution in [0.4, 0.5) is 8.78 Å². The fourth-order valence-corrected chi connectivity index (χ4v) is 6.28. The van der Waals surface area contributed by atoms with E-state index < -0.39 is 36.1 Å². The predicted octanol–water partition coefficient (Wildman–Crippen LogP) is 6.18. The van der Waals surface area contributed by atoms with Crippen molar-refractivity contribution in [2.45, 2.75) is 71.0 Å². The van der Waals surface area contributed by atoms with Crippen LogP contribution in [0.15, 0.2) is 40.9 Å². The Bertz CT molecular complexity index is 889. The van der Waals surface area contributed by atoms with E-state index in [0.29, 0.717) is 17.9 Å². The van der Waals surface area contributed by atoms with E-state index in [-0.39, 0.29) is 5.71 Å². The summed E-state index contributed by atoms with van der Waals surface area (Å²) in [4.78, 5) is 4.47. The van der Waals surface area contributed by atoms with Gasteiger partial charge in [-0.2, -0.15) is 0 Å². The molecule has 0 radical (unpaired) electrons. The summed E-state index contributed by atoms with van der Waals surface area (Å²) in [6.45, 7) is 12.4. The van der Waals surface area contributed by atoms with Gasteiger partial charge in [0.15, 0.2) is 20.0 Å². The lowest BCUT2D eigenvalue weighted by molar-refractivity contribution is 0.287. The van der Waals surface area contributed by atoms with E-state index >= 15 is 0 Å². The molecule has 8 heteroatoms. The second kappa shape index (κ2) is 10.8. The number of hydrogen-bond donors (Lipinski definition) is 0. The Kier molecular flexibility index (Phi) is 8.94. The molecule has 0 aliphatic carbocycles. The second-order valence-corrected chi connectivity index (χ2v) is 15.2. The summed E-state index contributed by atoms with van der Waals surface area (Å²) in [6.07, 6.45) is 1.70. The van der Waals surface area contributed by atoms with Gasteiger partial charge < -0.3 is 8.98 Å². The van der Waals surface area contributed by atoms with Crippen molar-refractivity contribution < 1.29 is 17.8 Å². The summed E-state index contributed by atoms with van der Waals surface area (Å²) in [7, 11) is -1.71. The molecular weight excluding hydrogens is 434 g/mol. The Morgan fingerprint density at radius 2 is 1.71 bits per heavy atom. The van der Waals surface area contributed by atoms with Crippen LogP contribution in [-0.2, 0) is 22.4 Å². The maximum atomic E-state index is 13.9. The first-order valence-corrected chi connectivity index (χ1v) is 14.2. The van der Waals surface area contributed by atoms with E-state index in [1.807, 2.05) is 6.07 Å². The molecule has 0 aliphatic rings. The zero-order chi connectivity index (χ0) is 23.2. The summed E-state index contributed by atoms with van der Waals surface area (Å²) in [5.74, 6) is -1.94. The van der Waals surface area contributed by atoms with Crippen LogP contribution >= 0.6 is 0 Å². The molecule has 2 aromatic rings. The average molecular weight is 467 g/mol. The van der Waals surface area contributed by atoms with Gasteiger partial charge in [-0.25, -0.2) is 8.78 Å². The van der Waals surface area contributed by atoms with Crippen LogP contribution in [0.2, 0.25) is 18.1 Å². The van der Waals surface area contributed by atoms with Gasteiger partial charge in [0.05, 0.1) is 12.3 Å². The van der Waals surface area contributed by atoms with Gasteiger partial charge in [0.25, 0.3) is 0 Å². The Morgan fingerprint density at radius 3 is 2.19 bits per heavy atom. The van der Waals surface area contributed by atoms with E-state index in [9.17, 15) is 13.3 Å². The molecule has 1 aromatic carbocycles. The van der Waals surface area contributed by atoms with E-state index in [4.69, 9.17) is 4.43 Å². The highest BCUT2D eigenvalue weighted by molar-refractivity contribution is 7.91. The highest BCUT2D eigenvalue weighted by atomic mass is 32.2. The molecule has 1 heterocycles. The third-order valence-electron chi connectivity index (χ3n) is 5.44. The summed E-state index contributed by atoms with van der Waals surface area (Å²) in [5.41, 5.74) is 1.95. The number of benzene rings is 1. The van der Waals surface area contributed by atoms with E-state index in [1.54, 1.807) is 33.0 Å². The van der Waals surface area contributed by atoms with Crippen LogP contribution < -0.4 is 0 Å². The minimum absolute atomic E-state index is 0.263. The number of hydrogen-bond acceptors (Lipinski definition) is 4. The highest BCUT2D eigenvalue weighted by Crippen LogP contribution is 2.24. The maximum Gasteiger partial charge on any atom is 0.192 e. The van der Waals surface area contributed by atoms with Crippen molar-refractivity contribution in [2.24, 2.45) is 4.40 Å².